The van der Waals surface area contributed by atoms with Crippen molar-refractivity contribution in [3.8, 4) is 0 Å². The van der Waals surface area contributed by atoms with Crippen LogP contribution in [-0.2, 0) is 9.53 Å². The van der Waals surface area contributed by atoms with Crippen molar-refractivity contribution in [3.05, 3.63) is 69.7 Å². The molecule has 25 heavy (non-hydrogen) atoms. The van der Waals surface area contributed by atoms with E-state index in [0.29, 0.717) is 21.2 Å². The Labute approximate surface area is 157 Å². The van der Waals surface area contributed by atoms with Crippen LogP contribution in [0.3, 0.4) is 0 Å². The van der Waals surface area contributed by atoms with Gasteiger partial charge in [-0.25, -0.2) is 0 Å². The van der Waals surface area contributed by atoms with Gasteiger partial charge in [0.1, 0.15) is 0 Å². The molecule has 0 aliphatic rings. The van der Waals surface area contributed by atoms with Crippen LogP contribution in [0.2, 0.25) is 10.0 Å². The maximum absolute atomic E-state index is 12.6. The summed E-state index contributed by atoms with van der Waals surface area (Å²) in [5.74, 6) is -0.799. The van der Waals surface area contributed by atoms with Gasteiger partial charge in [0.15, 0.2) is 0 Å². The number of benzene rings is 2. The maximum atomic E-state index is 12.6. The van der Waals surface area contributed by atoms with Gasteiger partial charge in [0.05, 0.1) is 29.2 Å². The highest BCUT2D eigenvalue weighted by atomic mass is 35.5. The molecule has 2 rings (SSSR count). The summed E-state index contributed by atoms with van der Waals surface area (Å²) in [5.41, 5.74) is 0.976. The molecule has 0 saturated heterocycles. The molecular weight excluding hydrogens is 361 g/mol. The molecule has 0 spiro atoms. The predicted molar refractivity (Wildman–Crippen MR) is 99.0 cm³/mol. The molecule has 6 heteroatoms. The zero-order chi connectivity index (χ0) is 18.4. The van der Waals surface area contributed by atoms with Crippen molar-refractivity contribution in [3.63, 3.8) is 0 Å². The highest BCUT2D eigenvalue weighted by molar-refractivity contribution is 6.34. The number of esters is 1. The molecule has 1 N–H and O–H groups in total. The normalized spacial score (nSPS) is 11.9. The first-order valence-corrected chi connectivity index (χ1v) is 8.63. The average Bonchev–Trinajstić information content (AvgIpc) is 2.54. The second-order valence-corrected chi connectivity index (χ2v) is 6.58. The van der Waals surface area contributed by atoms with Crippen LogP contribution in [0.15, 0.2) is 48.5 Å². The van der Waals surface area contributed by atoms with Gasteiger partial charge in [0, 0.05) is 5.02 Å². The Balaban J connectivity index is 2.25. The number of rotatable bonds is 6. The van der Waals surface area contributed by atoms with Gasteiger partial charge in [-0.3, -0.25) is 9.59 Å². The standard InChI is InChI=1S/C19H19Cl2NO3/c1-12(2)25-18(23)11-17(13-7-3-5-9-15(13)20)22-19(24)14-8-4-6-10-16(14)21/h3-10,12,17H,11H2,1-2H3,(H,22,24). The van der Waals surface area contributed by atoms with Crippen LogP contribution in [0, 0.1) is 0 Å². The lowest BCUT2D eigenvalue weighted by Gasteiger charge is -2.20. The second-order valence-electron chi connectivity index (χ2n) is 5.77. The van der Waals surface area contributed by atoms with Crippen LogP contribution in [0.1, 0.15) is 42.2 Å². The SMILES string of the molecule is CC(C)OC(=O)CC(NC(=O)c1ccccc1Cl)c1ccccc1Cl. The Morgan fingerprint density at radius 1 is 1.00 bits per heavy atom. The van der Waals surface area contributed by atoms with Crippen LogP contribution in [0.5, 0.6) is 0 Å². The van der Waals surface area contributed by atoms with Crippen LogP contribution in [0.4, 0.5) is 0 Å². The molecule has 4 nitrogen and oxygen atoms in total. The molecule has 2 aromatic rings. The number of ether oxygens (including phenoxy) is 1. The number of hydrogen-bond donors (Lipinski definition) is 1. The summed E-state index contributed by atoms with van der Waals surface area (Å²) in [7, 11) is 0. The monoisotopic (exact) mass is 379 g/mol. The number of nitrogens with one attached hydrogen (secondary N) is 1. The zero-order valence-electron chi connectivity index (χ0n) is 14.0. The van der Waals surface area contributed by atoms with Gasteiger partial charge in [0.25, 0.3) is 5.91 Å². The van der Waals surface area contributed by atoms with Crippen molar-refractivity contribution in [1.82, 2.24) is 5.32 Å². The van der Waals surface area contributed by atoms with E-state index in [1.54, 1.807) is 62.4 Å². The van der Waals surface area contributed by atoms with Gasteiger partial charge in [0.2, 0.25) is 0 Å². The van der Waals surface area contributed by atoms with Crippen molar-refractivity contribution in [2.75, 3.05) is 0 Å². The number of hydrogen-bond acceptors (Lipinski definition) is 3. The van der Waals surface area contributed by atoms with E-state index in [9.17, 15) is 9.59 Å². The second kappa shape index (κ2) is 8.88. The molecule has 0 saturated carbocycles. The summed E-state index contributed by atoms with van der Waals surface area (Å²) in [6.07, 6.45) is -0.267. The van der Waals surface area contributed by atoms with Crippen molar-refractivity contribution in [2.45, 2.75) is 32.4 Å². The first kappa shape index (κ1) is 19.3. The van der Waals surface area contributed by atoms with E-state index < -0.39 is 12.0 Å². The number of amides is 1. The van der Waals surface area contributed by atoms with E-state index in [1.807, 2.05) is 0 Å². The largest absolute Gasteiger partial charge is 0.463 e. The number of carbonyl (C=O) groups is 2. The predicted octanol–water partition coefficient (Wildman–Crippen LogP) is 4.81. The third-order valence-corrected chi connectivity index (χ3v) is 4.12. The van der Waals surface area contributed by atoms with Crippen molar-refractivity contribution < 1.29 is 14.3 Å². The van der Waals surface area contributed by atoms with Crippen LogP contribution in [0.25, 0.3) is 0 Å². The quantitative estimate of drug-likeness (QED) is 0.732. The van der Waals surface area contributed by atoms with E-state index in [4.69, 9.17) is 27.9 Å². The minimum Gasteiger partial charge on any atom is -0.463 e. The molecule has 1 unspecified atom stereocenters. The average molecular weight is 380 g/mol. The molecule has 0 bridgehead atoms. The molecule has 1 amide bonds. The summed E-state index contributed by atoms with van der Waals surface area (Å²) >= 11 is 12.3. The van der Waals surface area contributed by atoms with Crippen LogP contribution < -0.4 is 5.32 Å². The lowest BCUT2D eigenvalue weighted by molar-refractivity contribution is -0.147. The lowest BCUT2D eigenvalue weighted by Crippen LogP contribution is -2.31. The van der Waals surface area contributed by atoms with Gasteiger partial charge in [-0.2, -0.15) is 0 Å². The maximum Gasteiger partial charge on any atom is 0.308 e. The minimum absolute atomic E-state index is 0.0297. The van der Waals surface area contributed by atoms with Gasteiger partial charge in [-0.05, 0) is 37.6 Å². The molecule has 0 radical (unpaired) electrons. The topological polar surface area (TPSA) is 55.4 Å². The molecule has 0 aromatic heterocycles. The Morgan fingerprint density at radius 2 is 1.60 bits per heavy atom. The molecule has 2 aromatic carbocycles. The first-order valence-electron chi connectivity index (χ1n) is 7.87. The summed E-state index contributed by atoms with van der Waals surface area (Å²) in [4.78, 5) is 24.7. The zero-order valence-corrected chi connectivity index (χ0v) is 15.5. The Hall–Kier alpha value is -2.04. The van der Waals surface area contributed by atoms with Gasteiger partial charge >= 0.3 is 5.97 Å². The van der Waals surface area contributed by atoms with Crippen LogP contribution in [-0.4, -0.2) is 18.0 Å². The van der Waals surface area contributed by atoms with E-state index in [1.165, 1.54) is 0 Å². The Bertz CT molecular complexity index is 762. The van der Waals surface area contributed by atoms with Gasteiger partial charge in [-0.1, -0.05) is 53.5 Å². The number of carbonyl (C=O) groups excluding carboxylic acids is 2. The van der Waals surface area contributed by atoms with Gasteiger partial charge in [-0.15, -0.1) is 0 Å². The van der Waals surface area contributed by atoms with Crippen molar-refractivity contribution in [1.29, 1.82) is 0 Å². The Kier molecular flexibility index (Phi) is 6.85. The third kappa shape index (κ3) is 5.48. The molecule has 0 heterocycles. The molecule has 0 aliphatic carbocycles. The Morgan fingerprint density at radius 3 is 2.20 bits per heavy atom. The van der Waals surface area contributed by atoms with E-state index in [2.05, 4.69) is 5.32 Å². The number of halogens is 2. The smallest absolute Gasteiger partial charge is 0.308 e. The summed E-state index contributed by atoms with van der Waals surface area (Å²) < 4.78 is 5.19. The fourth-order valence-corrected chi connectivity index (χ4v) is 2.84. The van der Waals surface area contributed by atoms with E-state index in [0.717, 1.165) is 0 Å². The molecule has 132 valence electrons. The minimum atomic E-state index is -0.622. The fraction of sp³-hybridized carbons (Fsp3) is 0.263. The summed E-state index contributed by atoms with van der Waals surface area (Å²) in [5, 5.41) is 3.62. The third-order valence-electron chi connectivity index (χ3n) is 3.44. The lowest BCUT2D eigenvalue weighted by atomic mass is 10.0. The van der Waals surface area contributed by atoms with E-state index in [-0.39, 0.29) is 18.4 Å². The summed E-state index contributed by atoms with van der Waals surface area (Å²) in [6, 6.07) is 13.1. The van der Waals surface area contributed by atoms with Crippen LogP contribution >= 0.6 is 23.2 Å². The molecule has 0 aliphatic heterocycles. The molecular formula is C19H19Cl2NO3. The van der Waals surface area contributed by atoms with Gasteiger partial charge < -0.3 is 10.1 Å². The van der Waals surface area contributed by atoms with Crippen molar-refractivity contribution >= 4 is 35.1 Å². The fourth-order valence-electron chi connectivity index (χ4n) is 2.36. The summed E-state index contributed by atoms with van der Waals surface area (Å²) in [6.45, 7) is 3.54. The molecule has 1 atom stereocenters. The highest BCUT2D eigenvalue weighted by Gasteiger charge is 2.23. The molecule has 0 fully saturated rings. The van der Waals surface area contributed by atoms with E-state index >= 15 is 0 Å². The van der Waals surface area contributed by atoms with Crippen molar-refractivity contribution in [2.24, 2.45) is 0 Å². The highest BCUT2D eigenvalue weighted by Crippen LogP contribution is 2.26. The first-order chi connectivity index (χ1) is 11.9.